The van der Waals surface area contributed by atoms with Gasteiger partial charge in [0.15, 0.2) is 5.03 Å². The first kappa shape index (κ1) is 14.9. The van der Waals surface area contributed by atoms with Crippen molar-refractivity contribution in [1.29, 1.82) is 0 Å². The van der Waals surface area contributed by atoms with E-state index in [9.17, 15) is 13.2 Å². The van der Waals surface area contributed by atoms with E-state index < -0.39 is 16.0 Å². The van der Waals surface area contributed by atoms with Crippen molar-refractivity contribution in [1.82, 2.24) is 19.4 Å². The highest BCUT2D eigenvalue weighted by atomic mass is 32.2. The molecule has 2 rings (SSSR count). The lowest BCUT2D eigenvalue weighted by Crippen LogP contribution is -2.49. The number of carboxylic acid groups (broad SMARTS) is 1. The van der Waals surface area contributed by atoms with Crippen molar-refractivity contribution in [3.63, 3.8) is 0 Å². The first-order valence-electron chi connectivity index (χ1n) is 6.07. The molecule has 112 valence electrons. The average Bonchev–Trinajstić information content (AvgIpc) is 2.90. The summed E-state index contributed by atoms with van der Waals surface area (Å²) in [4.78, 5) is 12.9. The van der Waals surface area contributed by atoms with E-state index in [1.807, 2.05) is 4.90 Å². The number of sulfonamides is 1. The van der Waals surface area contributed by atoms with Crippen molar-refractivity contribution in [3.8, 4) is 0 Å². The number of aromatic carboxylic acids is 1. The van der Waals surface area contributed by atoms with Gasteiger partial charge in [0.05, 0.1) is 12.8 Å². The first-order valence-corrected chi connectivity index (χ1v) is 7.51. The SMILES string of the molecule is O=C(O)c1cn[nH]c1S(=O)(=O)N1CCN(CCO)CC1. The van der Waals surface area contributed by atoms with Crippen molar-refractivity contribution in [2.45, 2.75) is 5.03 Å². The van der Waals surface area contributed by atoms with Crippen LogP contribution >= 0.6 is 0 Å². The molecule has 0 saturated carbocycles. The van der Waals surface area contributed by atoms with Gasteiger partial charge in [-0.1, -0.05) is 0 Å². The van der Waals surface area contributed by atoms with Gasteiger partial charge >= 0.3 is 5.97 Å². The van der Waals surface area contributed by atoms with Crippen molar-refractivity contribution < 1.29 is 23.4 Å². The van der Waals surface area contributed by atoms with Crippen LogP contribution in [0.2, 0.25) is 0 Å². The van der Waals surface area contributed by atoms with E-state index in [0.717, 1.165) is 6.20 Å². The molecule has 20 heavy (non-hydrogen) atoms. The highest BCUT2D eigenvalue weighted by molar-refractivity contribution is 7.89. The number of hydrogen-bond acceptors (Lipinski definition) is 6. The van der Waals surface area contributed by atoms with Crippen LogP contribution in [0.3, 0.4) is 0 Å². The number of β-amino-alcohol motifs (C(OH)–C–C–N with tert-alkyl or cyclic N) is 1. The molecule has 2 heterocycles. The van der Waals surface area contributed by atoms with Crippen LogP contribution in [0.4, 0.5) is 0 Å². The van der Waals surface area contributed by atoms with Crippen LogP contribution < -0.4 is 0 Å². The van der Waals surface area contributed by atoms with E-state index in [0.29, 0.717) is 19.6 Å². The minimum absolute atomic E-state index is 0.0243. The summed E-state index contributed by atoms with van der Waals surface area (Å²) in [5.41, 5.74) is -0.359. The molecule has 0 amide bonds. The number of H-pyrrole nitrogens is 1. The average molecular weight is 304 g/mol. The van der Waals surface area contributed by atoms with Crippen LogP contribution in [-0.4, -0.2) is 83.3 Å². The molecule has 1 aliphatic rings. The predicted molar refractivity (Wildman–Crippen MR) is 67.8 cm³/mol. The monoisotopic (exact) mass is 304 g/mol. The molecule has 0 aliphatic carbocycles. The van der Waals surface area contributed by atoms with Gasteiger partial charge in [0.25, 0.3) is 10.0 Å². The third kappa shape index (κ3) is 2.82. The molecule has 0 radical (unpaired) electrons. The normalized spacial score (nSPS) is 18.2. The van der Waals surface area contributed by atoms with Crippen molar-refractivity contribution >= 4 is 16.0 Å². The summed E-state index contributed by atoms with van der Waals surface area (Å²) in [6.45, 7) is 2.02. The van der Waals surface area contributed by atoms with E-state index in [-0.39, 0.29) is 30.3 Å². The molecule has 1 aromatic rings. The van der Waals surface area contributed by atoms with E-state index >= 15 is 0 Å². The van der Waals surface area contributed by atoms with Gasteiger partial charge in [0.2, 0.25) is 0 Å². The van der Waals surface area contributed by atoms with Crippen LogP contribution in [0.5, 0.6) is 0 Å². The van der Waals surface area contributed by atoms with E-state index in [4.69, 9.17) is 10.2 Å². The summed E-state index contributed by atoms with van der Waals surface area (Å²) >= 11 is 0. The van der Waals surface area contributed by atoms with Crippen LogP contribution in [-0.2, 0) is 10.0 Å². The molecule has 0 aromatic carbocycles. The Hall–Kier alpha value is -1.49. The molecule has 3 N–H and O–H groups in total. The van der Waals surface area contributed by atoms with Gasteiger partial charge in [-0.05, 0) is 0 Å². The Balaban J connectivity index is 2.16. The Morgan fingerprint density at radius 1 is 1.35 bits per heavy atom. The number of aliphatic hydroxyl groups is 1. The number of nitrogens with one attached hydrogen (secondary N) is 1. The molecule has 1 aliphatic heterocycles. The molecule has 10 heteroatoms. The van der Waals surface area contributed by atoms with E-state index in [2.05, 4.69) is 10.2 Å². The Morgan fingerprint density at radius 3 is 2.55 bits per heavy atom. The maximum atomic E-state index is 12.4. The Kier molecular flexibility index (Phi) is 4.38. The third-order valence-corrected chi connectivity index (χ3v) is 5.05. The third-order valence-electron chi connectivity index (χ3n) is 3.18. The minimum atomic E-state index is -3.89. The molecule has 0 unspecified atom stereocenters. The maximum absolute atomic E-state index is 12.4. The van der Waals surface area contributed by atoms with Gasteiger partial charge in [0, 0.05) is 32.7 Å². The number of carboxylic acids is 1. The largest absolute Gasteiger partial charge is 0.478 e. The molecule has 0 spiro atoms. The fourth-order valence-electron chi connectivity index (χ4n) is 2.09. The summed E-state index contributed by atoms with van der Waals surface area (Å²) < 4.78 is 25.9. The lowest BCUT2D eigenvalue weighted by Gasteiger charge is -2.33. The Bertz CT molecular complexity index is 576. The molecule has 0 atom stereocenters. The number of carbonyl (C=O) groups is 1. The topological polar surface area (TPSA) is 127 Å². The lowest BCUT2D eigenvalue weighted by atomic mass is 10.4. The quantitative estimate of drug-likeness (QED) is 0.598. The first-order chi connectivity index (χ1) is 9.46. The van der Waals surface area contributed by atoms with Gasteiger partial charge < -0.3 is 10.2 Å². The van der Waals surface area contributed by atoms with Crippen molar-refractivity contribution in [3.05, 3.63) is 11.8 Å². The number of hydrogen-bond donors (Lipinski definition) is 3. The Labute approximate surface area is 115 Å². The summed E-state index contributed by atoms with van der Waals surface area (Å²) in [5, 5.41) is 23.1. The number of piperazine rings is 1. The van der Waals surface area contributed by atoms with Crippen LogP contribution in [0.15, 0.2) is 11.2 Å². The van der Waals surface area contributed by atoms with Gasteiger partial charge in [-0.3, -0.25) is 10.00 Å². The van der Waals surface area contributed by atoms with Gasteiger partial charge in [-0.25, -0.2) is 13.2 Å². The summed E-state index contributed by atoms with van der Waals surface area (Å²) in [7, 11) is -3.89. The zero-order valence-corrected chi connectivity index (χ0v) is 11.5. The highest BCUT2D eigenvalue weighted by Gasteiger charge is 2.33. The van der Waals surface area contributed by atoms with Gasteiger partial charge in [-0.2, -0.15) is 9.40 Å². The number of nitrogens with zero attached hydrogens (tertiary/aromatic N) is 3. The molecule has 1 fully saturated rings. The smallest absolute Gasteiger partial charge is 0.340 e. The number of aromatic amines is 1. The van der Waals surface area contributed by atoms with Crippen LogP contribution in [0.1, 0.15) is 10.4 Å². The second-order valence-corrected chi connectivity index (χ2v) is 6.26. The fourth-order valence-corrected chi connectivity index (χ4v) is 3.58. The molecule has 1 saturated heterocycles. The summed E-state index contributed by atoms with van der Waals surface area (Å²) in [6.07, 6.45) is 0.983. The number of aliphatic hydroxyl groups excluding tert-OH is 1. The van der Waals surface area contributed by atoms with E-state index in [1.54, 1.807) is 0 Å². The second-order valence-electron chi connectivity index (χ2n) is 4.39. The summed E-state index contributed by atoms with van der Waals surface area (Å²) in [5.74, 6) is -1.34. The van der Waals surface area contributed by atoms with Crippen LogP contribution in [0.25, 0.3) is 0 Å². The minimum Gasteiger partial charge on any atom is -0.478 e. The van der Waals surface area contributed by atoms with Crippen molar-refractivity contribution in [2.75, 3.05) is 39.3 Å². The maximum Gasteiger partial charge on any atom is 0.340 e. The molecular formula is C10H16N4O5S. The van der Waals surface area contributed by atoms with Crippen LogP contribution in [0, 0.1) is 0 Å². The molecule has 9 nitrogen and oxygen atoms in total. The van der Waals surface area contributed by atoms with Gasteiger partial charge in [0.1, 0.15) is 5.56 Å². The molecule has 1 aromatic heterocycles. The zero-order valence-electron chi connectivity index (χ0n) is 10.7. The fraction of sp³-hybridized carbons (Fsp3) is 0.600. The van der Waals surface area contributed by atoms with Crippen molar-refractivity contribution in [2.24, 2.45) is 0 Å². The number of aromatic nitrogens is 2. The predicted octanol–water partition coefficient (Wildman–Crippen LogP) is -1.59. The number of rotatable bonds is 5. The molecule has 0 bridgehead atoms. The van der Waals surface area contributed by atoms with Gasteiger partial charge in [-0.15, -0.1) is 0 Å². The lowest BCUT2D eigenvalue weighted by molar-refractivity contribution is 0.0692. The Morgan fingerprint density at radius 2 is 2.00 bits per heavy atom. The highest BCUT2D eigenvalue weighted by Crippen LogP contribution is 2.19. The standard InChI is InChI=1S/C10H16N4O5S/c15-6-5-13-1-3-14(4-2-13)20(18,19)9-8(10(16)17)7-11-12-9/h7,15H,1-6H2,(H,11,12)(H,16,17). The summed E-state index contributed by atoms with van der Waals surface area (Å²) in [6, 6.07) is 0. The zero-order chi connectivity index (χ0) is 14.8. The molecular weight excluding hydrogens is 288 g/mol. The van der Waals surface area contributed by atoms with E-state index in [1.165, 1.54) is 4.31 Å². The second kappa shape index (κ2) is 5.87.